The molecule has 2 heterocycles. The molecule has 2 aromatic rings. The van der Waals surface area contributed by atoms with Gasteiger partial charge in [0.05, 0.1) is 30.9 Å². The molecule has 2 aliphatic heterocycles. The van der Waals surface area contributed by atoms with Crippen LogP contribution in [0, 0.1) is 0 Å². The molecule has 2 saturated heterocycles. The number of morpholine rings is 1. The fourth-order valence-corrected chi connectivity index (χ4v) is 4.80. The number of aryl methyl sites for hydroxylation is 1. The van der Waals surface area contributed by atoms with Crippen LogP contribution in [0.5, 0.6) is 5.75 Å². The van der Waals surface area contributed by atoms with Crippen LogP contribution in [0.25, 0.3) is 5.76 Å². The third-order valence-electron chi connectivity index (χ3n) is 6.72. The summed E-state index contributed by atoms with van der Waals surface area (Å²) in [6.07, 6.45) is 1.65. The third-order valence-corrected chi connectivity index (χ3v) is 6.72. The normalized spacial score (nSPS) is 20.3. The van der Waals surface area contributed by atoms with E-state index in [-0.39, 0.29) is 17.4 Å². The van der Waals surface area contributed by atoms with Gasteiger partial charge in [0.25, 0.3) is 11.7 Å². The van der Waals surface area contributed by atoms with Gasteiger partial charge in [0.2, 0.25) is 0 Å². The van der Waals surface area contributed by atoms with Crippen LogP contribution in [-0.2, 0) is 20.7 Å². The van der Waals surface area contributed by atoms with Gasteiger partial charge < -0.3 is 19.5 Å². The molecule has 0 spiro atoms. The summed E-state index contributed by atoms with van der Waals surface area (Å²) in [5.74, 6) is -0.699. The summed E-state index contributed by atoms with van der Waals surface area (Å²) in [4.78, 5) is 30.4. The predicted molar refractivity (Wildman–Crippen MR) is 139 cm³/mol. The van der Waals surface area contributed by atoms with E-state index in [9.17, 15) is 14.7 Å². The second-order valence-electron chi connectivity index (χ2n) is 9.59. The van der Waals surface area contributed by atoms with Gasteiger partial charge in [0, 0.05) is 31.7 Å². The summed E-state index contributed by atoms with van der Waals surface area (Å²) in [5.41, 5.74) is 2.60. The summed E-state index contributed by atoms with van der Waals surface area (Å²) < 4.78 is 11.1. The second kappa shape index (κ2) is 11.7. The van der Waals surface area contributed by atoms with E-state index in [4.69, 9.17) is 9.47 Å². The van der Waals surface area contributed by atoms with Crippen molar-refractivity contribution in [2.45, 2.75) is 45.8 Å². The van der Waals surface area contributed by atoms with E-state index < -0.39 is 17.7 Å². The van der Waals surface area contributed by atoms with Crippen LogP contribution in [0.15, 0.2) is 54.1 Å². The van der Waals surface area contributed by atoms with Crippen molar-refractivity contribution >= 4 is 17.4 Å². The maximum Gasteiger partial charge on any atom is 0.295 e. The molecule has 7 nitrogen and oxygen atoms in total. The van der Waals surface area contributed by atoms with Crippen molar-refractivity contribution in [3.05, 3.63) is 70.8 Å². The van der Waals surface area contributed by atoms with Crippen LogP contribution >= 0.6 is 0 Å². The molecule has 0 aromatic heterocycles. The lowest BCUT2D eigenvalue weighted by Gasteiger charge is -2.29. The molecule has 0 bridgehead atoms. The van der Waals surface area contributed by atoms with Gasteiger partial charge >= 0.3 is 0 Å². The van der Waals surface area contributed by atoms with Crippen molar-refractivity contribution in [3.8, 4) is 5.75 Å². The van der Waals surface area contributed by atoms with Crippen molar-refractivity contribution in [2.24, 2.45) is 0 Å². The minimum atomic E-state index is -0.647. The Labute approximate surface area is 213 Å². The quantitative estimate of drug-likeness (QED) is 0.321. The predicted octanol–water partition coefficient (Wildman–Crippen LogP) is 4.18. The number of nitrogens with zero attached hydrogens (tertiary/aromatic N) is 2. The topological polar surface area (TPSA) is 79.3 Å². The number of rotatable bonds is 9. The Hall–Kier alpha value is -3.16. The minimum Gasteiger partial charge on any atom is -0.507 e. The van der Waals surface area contributed by atoms with Crippen LogP contribution in [0.2, 0.25) is 0 Å². The molecule has 192 valence electrons. The van der Waals surface area contributed by atoms with Gasteiger partial charge in [-0.1, -0.05) is 31.2 Å². The van der Waals surface area contributed by atoms with Crippen molar-refractivity contribution in [2.75, 3.05) is 39.4 Å². The number of benzene rings is 2. The average molecular weight is 493 g/mol. The van der Waals surface area contributed by atoms with Crippen LogP contribution in [-0.4, -0.2) is 72.1 Å². The highest BCUT2D eigenvalue weighted by molar-refractivity contribution is 6.46. The van der Waals surface area contributed by atoms with Gasteiger partial charge in [-0.2, -0.15) is 0 Å². The molecule has 1 amide bonds. The maximum atomic E-state index is 13.3. The second-order valence-corrected chi connectivity index (χ2v) is 9.59. The lowest BCUT2D eigenvalue weighted by atomic mass is 9.94. The number of likely N-dealkylation sites (tertiary alicyclic amines) is 1. The number of aliphatic hydroxyl groups is 1. The molecule has 4 rings (SSSR count). The van der Waals surface area contributed by atoms with Gasteiger partial charge in [-0.05, 0) is 62.1 Å². The van der Waals surface area contributed by atoms with E-state index in [0.29, 0.717) is 17.9 Å². The smallest absolute Gasteiger partial charge is 0.295 e. The lowest BCUT2D eigenvalue weighted by molar-refractivity contribution is -0.140. The maximum absolute atomic E-state index is 13.3. The SMILES string of the molecule is CCc1ccc([C@H]2/C(=C(\O)c3ccc(OC(C)C)cc3)C(=O)C(=O)N2CCCN2CCOCC2)cc1. The number of hydrogen-bond donors (Lipinski definition) is 1. The fourth-order valence-electron chi connectivity index (χ4n) is 4.80. The first-order valence-electron chi connectivity index (χ1n) is 12.8. The molecule has 0 unspecified atom stereocenters. The monoisotopic (exact) mass is 492 g/mol. The molecule has 1 N–H and O–H groups in total. The Balaban J connectivity index is 1.65. The molecule has 36 heavy (non-hydrogen) atoms. The van der Waals surface area contributed by atoms with E-state index in [1.165, 1.54) is 5.56 Å². The highest BCUT2D eigenvalue weighted by atomic mass is 16.5. The van der Waals surface area contributed by atoms with Gasteiger partial charge in [-0.25, -0.2) is 0 Å². The van der Waals surface area contributed by atoms with Crippen molar-refractivity contribution in [3.63, 3.8) is 0 Å². The van der Waals surface area contributed by atoms with Crippen molar-refractivity contribution < 1.29 is 24.2 Å². The van der Waals surface area contributed by atoms with Crippen molar-refractivity contribution in [1.82, 2.24) is 9.80 Å². The zero-order valence-corrected chi connectivity index (χ0v) is 21.4. The zero-order valence-electron chi connectivity index (χ0n) is 21.4. The Morgan fingerprint density at radius 1 is 1.03 bits per heavy atom. The van der Waals surface area contributed by atoms with Gasteiger partial charge in [0.1, 0.15) is 11.5 Å². The van der Waals surface area contributed by atoms with E-state index >= 15 is 0 Å². The number of carbonyl (C=O) groups is 2. The first kappa shape index (κ1) is 25.9. The lowest BCUT2D eigenvalue weighted by Crippen LogP contribution is -2.38. The van der Waals surface area contributed by atoms with E-state index in [0.717, 1.165) is 51.3 Å². The summed E-state index contributed by atoms with van der Waals surface area (Å²) in [5, 5.41) is 11.3. The third kappa shape index (κ3) is 5.79. The fraction of sp³-hybridized carbons (Fsp3) is 0.448. The van der Waals surface area contributed by atoms with E-state index in [1.54, 1.807) is 29.2 Å². The van der Waals surface area contributed by atoms with Gasteiger partial charge in [0.15, 0.2) is 0 Å². The first-order chi connectivity index (χ1) is 17.4. The number of Topliss-reactive ketones (excluding diaryl/α,β-unsaturated/α-hetero) is 1. The summed E-state index contributed by atoms with van der Waals surface area (Å²) in [6.45, 7) is 10.4. The minimum absolute atomic E-state index is 0.0262. The number of carbonyl (C=O) groups excluding carboxylic acids is 2. The molecule has 2 fully saturated rings. The number of hydrogen-bond acceptors (Lipinski definition) is 6. The highest BCUT2D eigenvalue weighted by Gasteiger charge is 2.45. The number of ketones is 1. The van der Waals surface area contributed by atoms with E-state index in [2.05, 4.69) is 11.8 Å². The Bertz CT molecular complexity index is 1090. The van der Waals surface area contributed by atoms with Crippen LogP contribution < -0.4 is 4.74 Å². The molecule has 7 heteroatoms. The van der Waals surface area contributed by atoms with Gasteiger partial charge in [-0.3, -0.25) is 14.5 Å². The molecule has 2 aromatic carbocycles. The largest absolute Gasteiger partial charge is 0.507 e. The molecule has 2 aliphatic rings. The first-order valence-corrected chi connectivity index (χ1v) is 12.8. The molecule has 1 atom stereocenters. The highest BCUT2D eigenvalue weighted by Crippen LogP contribution is 2.39. The Morgan fingerprint density at radius 2 is 1.69 bits per heavy atom. The number of ether oxygens (including phenoxy) is 2. The zero-order chi connectivity index (χ0) is 25.7. The standard InChI is InChI=1S/C29H36N2O5/c1-4-21-6-8-22(9-7-21)26-25(27(32)23-10-12-24(13-11-23)36-20(2)3)28(33)29(34)31(26)15-5-14-30-16-18-35-19-17-30/h6-13,20,26,32H,4-5,14-19H2,1-3H3/b27-25+/t26-/m0/s1. The number of amides is 1. The average Bonchev–Trinajstić information content (AvgIpc) is 3.14. The molecule has 0 aliphatic carbocycles. The molecular weight excluding hydrogens is 456 g/mol. The van der Waals surface area contributed by atoms with Gasteiger partial charge in [-0.15, -0.1) is 0 Å². The number of aliphatic hydroxyl groups excluding tert-OH is 1. The summed E-state index contributed by atoms with van der Waals surface area (Å²) >= 11 is 0. The molecule has 0 saturated carbocycles. The summed E-state index contributed by atoms with van der Waals surface area (Å²) in [7, 11) is 0. The van der Waals surface area contributed by atoms with Crippen LogP contribution in [0.1, 0.15) is 49.9 Å². The van der Waals surface area contributed by atoms with Crippen molar-refractivity contribution in [1.29, 1.82) is 0 Å². The molecular formula is C29H36N2O5. The Kier molecular flexibility index (Phi) is 8.44. The Morgan fingerprint density at radius 3 is 2.31 bits per heavy atom. The summed E-state index contributed by atoms with van der Waals surface area (Å²) in [6, 6.07) is 14.3. The van der Waals surface area contributed by atoms with Crippen LogP contribution in [0.3, 0.4) is 0 Å². The van der Waals surface area contributed by atoms with E-state index in [1.807, 2.05) is 38.1 Å². The van der Waals surface area contributed by atoms with Crippen LogP contribution in [0.4, 0.5) is 0 Å². The molecule has 0 radical (unpaired) electrons.